The Hall–Kier alpha value is -1.65. The first-order chi connectivity index (χ1) is 11.6. The van der Waals surface area contributed by atoms with Crippen molar-refractivity contribution in [2.75, 3.05) is 13.1 Å². The van der Waals surface area contributed by atoms with Crippen molar-refractivity contribution in [2.24, 2.45) is 5.73 Å². The Kier molecular flexibility index (Phi) is 5.36. The Balaban J connectivity index is 1.85. The number of nitrogens with zero attached hydrogens (tertiary/aromatic N) is 1. The molecule has 1 atom stereocenters. The first kappa shape index (κ1) is 17.2. The lowest BCUT2D eigenvalue weighted by atomic mass is 9.71. The van der Waals surface area contributed by atoms with Gasteiger partial charge >= 0.3 is 0 Å². The highest BCUT2D eigenvalue weighted by atomic mass is 79.9. The number of rotatable bonds is 5. The van der Waals surface area contributed by atoms with Gasteiger partial charge in [0.25, 0.3) is 0 Å². The van der Waals surface area contributed by atoms with E-state index in [2.05, 4.69) is 57.2 Å². The molecular formula is C20H23BrN2O. The zero-order chi connectivity index (χ0) is 17.0. The van der Waals surface area contributed by atoms with Crippen LogP contribution >= 0.6 is 15.9 Å². The van der Waals surface area contributed by atoms with Crippen molar-refractivity contribution in [3.8, 4) is 0 Å². The van der Waals surface area contributed by atoms with Gasteiger partial charge in [0.05, 0.1) is 0 Å². The molecule has 1 saturated heterocycles. The van der Waals surface area contributed by atoms with Gasteiger partial charge in [0.15, 0.2) is 0 Å². The average Bonchev–Trinajstić information content (AvgIpc) is 2.56. The SMILES string of the molecule is NC(=O)CC1(c2ccc(Br)cc2)CCCN(Cc2ccccc2)C1. The first-order valence-corrected chi connectivity index (χ1v) is 9.17. The maximum absolute atomic E-state index is 11.8. The number of nitrogens with two attached hydrogens (primary N) is 1. The Morgan fingerprint density at radius 3 is 2.50 bits per heavy atom. The smallest absolute Gasteiger partial charge is 0.218 e. The van der Waals surface area contributed by atoms with Crippen LogP contribution in [0.25, 0.3) is 0 Å². The number of halogens is 1. The summed E-state index contributed by atoms with van der Waals surface area (Å²) >= 11 is 3.49. The van der Waals surface area contributed by atoms with Gasteiger partial charge in [-0.2, -0.15) is 0 Å². The highest BCUT2D eigenvalue weighted by Crippen LogP contribution is 2.38. The van der Waals surface area contributed by atoms with Crippen LogP contribution in [0, 0.1) is 0 Å². The summed E-state index contributed by atoms with van der Waals surface area (Å²) in [7, 11) is 0. The van der Waals surface area contributed by atoms with Crippen LogP contribution in [0.5, 0.6) is 0 Å². The number of primary amides is 1. The molecule has 1 unspecified atom stereocenters. The zero-order valence-electron chi connectivity index (χ0n) is 13.7. The molecule has 0 spiro atoms. The molecule has 3 nitrogen and oxygen atoms in total. The van der Waals surface area contributed by atoms with Gasteiger partial charge in [0.1, 0.15) is 0 Å². The lowest BCUT2D eigenvalue weighted by Crippen LogP contribution is -2.47. The van der Waals surface area contributed by atoms with Crippen LogP contribution in [0.1, 0.15) is 30.4 Å². The number of benzene rings is 2. The molecule has 0 aliphatic carbocycles. The normalized spacial score (nSPS) is 21.5. The first-order valence-electron chi connectivity index (χ1n) is 8.38. The number of hydrogen-bond acceptors (Lipinski definition) is 2. The van der Waals surface area contributed by atoms with Gasteiger partial charge in [-0.15, -0.1) is 0 Å². The lowest BCUT2D eigenvalue weighted by molar-refractivity contribution is -0.119. The van der Waals surface area contributed by atoms with Crippen LogP contribution < -0.4 is 5.73 Å². The van der Waals surface area contributed by atoms with Crippen molar-refractivity contribution in [1.29, 1.82) is 0 Å². The second-order valence-electron chi connectivity index (χ2n) is 6.73. The monoisotopic (exact) mass is 386 g/mol. The van der Waals surface area contributed by atoms with Gasteiger partial charge in [-0.05, 0) is 42.6 Å². The highest BCUT2D eigenvalue weighted by molar-refractivity contribution is 9.10. The third-order valence-corrected chi connectivity index (χ3v) is 5.40. The van der Waals surface area contributed by atoms with E-state index in [9.17, 15) is 4.79 Å². The predicted octanol–water partition coefficient (Wildman–Crippen LogP) is 3.86. The van der Waals surface area contributed by atoms with Crippen LogP contribution in [0.2, 0.25) is 0 Å². The molecule has 0 bridgehead atoms. The second-order valence-corrected chi connectivity index (χ2v) is 7.65. The summed E-state index contributed by atoms with van der Waals surface area (Å²) in [5.41, 5.74) is 7.94. The van der Waals surface area contributed by atoms with E-state index in [0.29, 0.717) is 6.42 Å². The average molecular weight is 387 g/mol. The Morgan fingerprint density at radius 2 is 1.83 bits per heavy atom. The molecule has 1 fully saturated rings. The Bertz CT molecular complexity index is 687. The fraction of sp³-hybridized carbons (Fsp3) is 0.350. The van der Waals surface area contributed by atoms with E-state index >= 15 is 0 Å². The van der Waals surface area contributed by atoms with E-state index in [-0.39, 0.29) is 11.3 Å². The van der Waals surface area contributed by atoms with E-state index in [1.807, 2.05) is 18.2 Å². The Morgan fingerprint density at radius 1 is 1.12 bits per heavy atom. The van der Waals surface area contributed by atoms with Crippen LogP contribution in [0.15, 0.2) is 59.1 Å². The number of carbonyl (C=O) groups is 1. The third kappa shape index (κ3) is 4.05. The number of amides is 1. The minimum absolute atomic E-state index is 0.181. The van der Waals surface area contributed by atoms with Crippen LogP contribution in [0.3, 0.4) is 0 Å². The van der Waals surface area contributed by atoms with Crippen molar-refractivity contribution >= 4 is 21.8 Å². The van der Waals surface area contributed by atoms with Gasteiger partial charge in [0.2, 0.25) is 5.91 Å². The van der Waals surface area contributed by atoms with Crippen LogP contribution in [0.4, 0.5) is 0 Å². The van der Waals surface area contributed by atoms with Gasteiger partial charge in [-0.3, -0.25) is 9.69 Å². The highest BCUT2D eigenvalue weighted by Gasteiger charge is 2.38. The summed E-state index contributed by atoms with van der Waals surface area (Å²) in [6.07, 6.45) is 2.49. The fourth-order valence-corrected chi connectivity index (χ4v) is 4.09. The summed E-state index contributed by atoms with van der Waals surface area (Å²) in [4.78, 5) is 14.2. The molecule has 1 heterocycles. The topological polar surface area (TPSA) is 46.3 Å². The molecule has 1 amide bonds. The van der Waals surface area contributed by atoms with Crippen molar-refractivity contribution in [3.63, 3.8) is 0 Å². The summed E-state index contributed by atoms with van der Waals surface area (Å²) in [6, 6.07) is 18.8. The molecule has 126 valence electrons. The van der Waals surface area contributed by atoms with E-state index in [4.69, 9.17) is 5.73 Å². The quantitative estimate of drug-likeness (QED) is 0.847. The van der Waals surface area contributed by atoms with E-state index in [0.717, 1.165) is 36.9 Å². The molecule has 3 rings (SSSR count). The molecule has 2 aromatic carbocycles. The predicted molar refractivity (Wildman–Crippen MR) is 101 cm³/mol. The van der Waals surface area contributed by atoms with Gasteiger partial charge < -0.3 is 5.73 Å². The van der Waals surface area contributed by atoms with E-state index in [1.54, 1.807) is 0 Å². The minimum atomic E-state index is -0.223. The molecular weight excluding hydrogens is 364 g/mol. The number of hydrogen-bond donors (Lipinski definition) is 1. The molecule has 1 aliphatic rings. The number of likely N-dealkylation sites (tertiary alicyclic amines) is 1. The molecule has 4 heteroatoms. The molecule has 0 saturated carbocycles. The van der Waals surface area contributed by atoms with Gasteiger partial charge in [0, 0.05) is 29.4 Å². The van der Waals surface area contributed by atoms with Crippen molar-refractivity contribution < 1.29 is 4.79 Å². The fourth-order valence-electron chi connectivity index (χ4n) is 3.82. The van der Waals surface area contributed by atoms with Crippen LogP contribution in [-0.2, 0) is 16.8 Å². The molecule has 24 heavy (non-hydrogen) atoms. The summed E-state index contributed by atoms with van der Waals surface area (Å²) in [5.74, 6) is -0.223. The molecule has 2 N–H and O–H groups in total. The maximum Gasteiger partial charge on any atom is 0.218 e. The van der Waals surface area contributed by atoms with E-state index in [1.165, 1.54) is 11.1 Å². The largest absolute Gasteiger partial charge is 0.370 e. The van der Waals surface area contributed by atoms with Crippen molar-refractivity contribution in [1.82, 2.24) is 4.90 Å². The third-order valence-electron chi connectivity index (χ3n) is 4.87. The second kappa shape index (κ2) is 7.49. The maximum atomic E-state index is 11.8. The van der Waals surface area contributed by atoms with Crippen molar-refractivity contribution in [2.45, 2.75) is 31.2 Å². The summed E-state index contributed by atoms with van der Waals surface area (Å²) in [6.45, 7) is 2.84. The molecule has 0 radical (unpaired) electrons. The van der Waals surface area contributed by atoms with Gasteiger partial charge in [-0.1, -0.05) is 58.4 Å². The molecule has 0 aromatic heterocycles. The zero-order valence-corrected chi connectivity index (χ0v) is 15.3. The standard InChI is InChI=1S/C20H23BrN2O/c21-18-9-7-17(8-10-18)20(13-19(22)24)11-4-12-23(15-20)14-16-5-2-1-3-6-16/h1-3,5-10H,4,11-15H2,(H2,22,24). The van der Waals surface area contributed by atoms with E-state index < -0.39 is 0 Å². The summed E-state index contributed by atoms with van der Waals surface area (Å²) in [5, 5.41) is 0. The molecule has 1 aliphatic heterocycles. The lowest BCUT2D eigenvalue weighted by Gasteiger charge is -2.43. The number of piperidine rings is 1. The van der Waals surface area contributed by atoms with Crippen molar-refractivity contribution in [3.05, 3.63) is 70.2 Å². The van der Waals surface area contributed by atoms with Crippen LogP contribution in [-0.4, -0.2) is 23.9 Å². The molecule has 2 aromatic rings. The minimum Gasteiger partial charge on any atom is -0.370 e. The van der Waals surface area contributed by atoms with Gasteiger partial charge in [-0.25, -0.2) is 0 Å². The summed E-state index contributed by atoms with van der Waals surface area (Å²) < 4.78 is 1.05. The Labute approximate surface area is 152 Å². The number of carbonyl (C=O) groups excluding carboxylic acids is 1.